The highest BCUT2D eigenvalue weighted by Gasteiger charge is 2.26. The van der Waals surface area contributed by atoms with E-state index in [4.69, 9.17) is 9.84 Å². The number of hydrogen-bond acceptors (Lipinski definition) is 4. The van der Waals surface area contributed by atoms with Crippen LogP contribution in [-0.4, -0.2) is 36.5 Å². The normalized spacial score (nSPS) is 14.4. The Labute approximate surface area is 121 Å². The molecule has 0 spiro atoms. The van der Waals surface area contributed by atoms with E-state index in [0.29, 0.717) is 6.54 Å². The molecule has 0 heterocycles. The minimum absolute atomic E-state index is 0.0660. The molecule has 2 unspecified atom stereocenters. The van der Waals surface area contributed by atoms with E-state index in [1.807, 2.05) is 26.0 Å². The van der Waals surface area contributed by atoms with Gasteiger partial charge in [0.1, 0.15) is 5.75 Å². The second-order valence-corrected chi connectivity index (χ2v) is 5.57. The maximum Gasteiger partial charge on any atom is 0.119 e. The van der Waals surface area contributed by atoms with E-state index in [0.717, 1.165) is 22.4 Å². The van der Waals surface area contributed by atoms with Crippen molar-refractivity contribution >= 4 is 0 Å². The third kappa shape index (κ3) is 3.95. The predicted molar refractivity (Wildman–Crippen MR) is 81.1 cm³/mol. The summed E-state index contributed by atoms with van der Waals surface area (Å²) in [5, 5.41) is 22.9. The van der Waals surface area contributed by atoms with Crippen LogP contribution in [0.2, 0.25) is 0 Å². The molecule has 1 rings (SSSR count). The maximum absolute atomic E-state index is 10.7. The third-order valence-electron chi connectivity index (χ3n) is 3.65. The predicted octanol–water partition coefficient (Wildman–Crippen LogP) is 1.95. The number of ether oxygens (including phenoxy) is 1. The molecular weight excluding hydrogens is 254 g/mol. The summed E-state index contributed by atoms with van der Waals surface area (Å²) < 4.78 is 5.25. The molecule has 0 aliphatic heterocycles. The van der Waals surface area contributed by atoms with Crippen LogP contribution in [-0.2, 0) is 0 Å². The van der Waals surface area contributed by atoms with Gasteiger partial charge in [-0.3, -0.25) is 0 Å². The second kappa shape index (κ2) is 7.62. The number of methoxy groups -OCH3 is 1. The maximum atomic E-state index is 10.7. The van der Waals surface area contributed by atoms with Gasteiger partial charge >= 0.3 is 0 Å². The van der Waals surface area contributed by atoms with Crippen LogP contribution in [0.1, 0.15) is 36.6 Å². The highest BCUT2D eigenvalue weighted by molar-refractivity contribution is 5.42. The van der Waals surface area contributed by atoms with Crippen molar-refractivity contribution in [2.75, 3.05) is 20.3 Å². The quantitative estimate of drug-likeness (QED) is 0.715. The summed E-state index contributed by atoms with van der Waals surface area (Å²) >= 11 is 0. The summed E-state index contributed by atoms with van der Waals surface area (Å²) in [6.07, 6.45) is -0.604. The topological polar surface area (TPSA) is 61.7 Å². The van der Waals surface area contributed by atoms with Gasteiger partial charge in [-0.15, -0.1) is 0 Å². The summed E-state index contributed by atoms with van der Waals surface area (Å²) in [5.74, 6) is 1.07. The van der Waals surface area contributed by atoms with E-state index in [1.165, 1.54) is 0 Å². The zero-order chi connectivity index (χ0) is 15.3. The lowest BCUT2D eigenvalue weighted by Crippen LogP contribution is -2.41. The van der Waals surface area contributed by atoms with E-state index in [9.17, 15) is 5.11 Å². The first kappa shape index (κ1) is 17.0. The Hall–Kier alpha value is -1.10. The van der Waals surface area contributed by atoms with Crippen molar-refractivity contribution in [3.05, 3.63) is 28.8 Å². The molecule has 0 aliphatic carbocycles. The summed E-state index contributed by atoms with van der Waals surface area (Å²) in [6, 6.07) is 3.79. The minimum atomic E-state index is -0.604. The van der Waals surface area contributed by atoms with Gasteiger partial charge in [0.2, 0.25) is 0 Å². The molecule has 0 aromatic heterocycles. The largest absolute Gasteiger partial charge is 0.497 e. The zero-order valence-electron chi connectivity index (χ0n) is 13.1. The minimum Gasteiger partial charge on any atom is -0.497 e. The van der Waals surface area contributed by atoms with Crippen molar-refractivity contribution in [2.24, 2.45) is 5.92 Å². The number of aliphatic hydroxyl groups is 2. The van der Waals surface area contributed by atoms with Crippen LogP contribution in [0, 0.1) is 19.8 Å². The standard InChI is InChI=1S/C16H27NO3/c1-10(2)15(17-6-7-18)16(19)14-11(3)8-13(20-5)9-12(14)4/h8-10,15-19H,6-7H2,1-5H3. The zero-order valence-corrected chi connectivity index (χ0v) is 13.1. The Balaban J connectivity index is 3.08. The average Bonchev–Trinajstić information content (AvgIpc) is 2.37. The Morgan fingerprint density at radius 1 is 1.20 bits per heavy atom. The first-order valence-electron chi connectivity index (χ1n) is 7.09. The average molecular weight is 281 g/mol. The third-order valence-corrected chi connectivity index (χ3v) is 3.65. The molecule has 1 aromatic carbocycles. The fourth-order valence-electron chi connectivity index (χ4n) is 2.64. The molecular formula is C16H27NO3. The molecule has 0 aliphatic rings. The van der Waals surface area contributed by atoms with Gasteiger partial charge < -0.3 is 20.3 Å². The van der Waals surface area contributed by atoms with E-state index in [-0.39, 0.29) is 18.6 Å². The lowest BCUT2D eigenvalue weighted by Gasteiger charge is -2.30. The van der Waals surface area contributed by atoms with Crippen molar-refractivity contribution in [1.82, 2.24) is 5.32 Å². The first-order valence-corrected chi connectivity index (χ1v) is 7.09. The smallest absolute Gasteiger partial charge is 0.119 e. The monoisotopic (exact) mass is 281 g/mol. The lowest BCUT2D eigenvalue weighted by atomic mass is 9.88. The molecule has 2 atom stereocenters. The van der Waals surface area contributed by atoms with Gasteiger partial charge in [-0.05, 0) is 48.6 Å². The Morgan fingerprint density at radius 2 is 1.75 bits per heavy atom. The van der Waals surface area contributed by atoms with Crippen molar-refractivity contribution in [1.29, 1.82) is 0 Å². The van der Waals surface area contributed by atoms with Gasteiger partial charge in [-0.1, -0.05) is 13.8 Å². The highest BCUT2D eigenvalue weighted by atomic mass is 16.5. The number of hydrogen-bond donors (Lipinski definition) is 3. The van der Waals surface area contributed by atoms with Crippen molar-refractivity contribution < 1.29 is 14.9 Å². The Bertz CT molecular complexity index is 409. The molecule has 3 N–H and O–H groups in total. The first-order chi connectivity index (χ1) is 9.42. The molecule has 0 saturated carbocycles. The van der Waals surface area contributed by atoms with Crippen LogP contribution >= 0.6 is 0 Å². The van der Waals surface area contributed by atoms with Crippen LogP contribution in [0.5, 0.6) is 5.75 Å². The van der Waals surface area contributed by atoms with Gasteiger partial charge in [0, 0.05) is 12.6 Å². The number of benzene rings is 1. The molecule has 0 fully saturated rings. The molecule has 0 amide bonds. The number of nitrogens with one attached hydrogen (secondary N) is 1. The van der Waals surface area contributed by atoms with Gasteiger partial charge in [0.15, 0.2) is 0 Å². The Morgan fingerprint density at radius 3 is 2.15 bits per heavy atom. The molecule has 20 heavy (non-hydrogen) atoms. The number of aliphatic hydroxyl groups excluding tert-OH is 2. The summed E-state index contributed by atoms with van der Waals surface area (Å²) in [5.41, 5.74) is 2.98. The van der Waals surface area contributed by atoms with Crippen molar-refractivity contribution in [3.63, 3.8) is 0 Å². The molecule has 1 aromatic rings. The fraction of sp³-hybridized carbons (Fsp3) is 0.625. The molecule has 4 heteroatoms. The van der Waals surface area contributed by atoms with Crippen molar-refractivity contribution in [2.45, 2.75) is 39.8 Å². The van der Waals surface area contributed by atoms with Gasteiger partial charge in [0.25, 0.3) is 0 Å². The van der Waals surface area contributed by atoms with Gasteiger partial charge in [-0.2, -0.15) is 0 Å². The number of rotatable bonds is 7. The van der Waals surface area contributed by atoms with Crippen molar-refractivity contribution in [3.8, 4) is 5.75 Å². The summed E-state index contributed by atoms with van der Waals surface area (Å²) in [4.78, 5) is 0. The second-order valence-electron chi connectivity index (χ2n) is 5.57. The lowest BCUT2D eigenvalue weighted by molar-refractivity contribution is 0.100. The van der Waals surface area contributed by atoms with Crippen LogP contribution in [0.25, 0.3) is 0 Å². The van der Waals surface area contributed by atoms with E-state index >= 15 is 0 Å². The molecule has 0 saturated heterocycles. The van der Waals surface area contributed by atoms with E-state index < -0.39 is 6.10 Å². The van der Waals surface area contributed by atoms with Gasteiger partial charge in [-0.25, -0.2) is 0 Å². The van der Waals surface area contributed by atoms with Gasteiger partial charge in [0.05, 0.1) is 19.8 Å². The molecule has 4 nitrogen and oxygen atoms in total. The molecule has 0 radical (unpaired) electrons. The van der Waals surface area contributed by atoms with Crippen LogP contribution in [0.4, 0.5) is 0 Å². The van der Waals surface area contributed by atoms with Crippen LogP contribution in [0.15, 0.2) is 12.1 Å². The molecule has 0 bridgehead atoms. The van der Waals surface area contributed by atoms with Crippen LogP contribution in [0.3, 0.4) is 0 Å². The summed E-state index contributed by atoms with van der Waals surface area (Å²) in [7, 11) is 1.64. The van der Waals surface area contributed by atoms with Crippen LogP contribution < -0.4 is 10.1 Å². The van der Waals surface area contributed by atoms with E-state index in [2.05, 4.69) is 19.2 Å². The molecule has 114 valence electrons. The Kier molecular flexibility index (Phi) is 6.46. The number of aryl methyl sites for hydroxylation is 2. The highest BCUT2D eigenvalue weighted by Crippen LogP contribution is 2.30. The SMILES string of the molecule is COc1cc(C)c(C(O)C(NCCO)C(C)C)c(C)c1. The van der Waals surface area contributed by atoms with E-state index in [1.54, 1.807) is 7.11 Å². The summed E-state index contributed by atoms with van der Waals surface area (Å²) in [6.45, 7) is 8.64. The fourth-order valence-corrected chi connectivity index (χ4v) is 2.64.